The average molecular weight is 257 g/mol. The number of nitrogens with zero attached hydrogens (tertiary/aromatic N) is 1. The number of carbonyl (C=O) groups is 1. The highest BCUT2D eigenvalue weighted by atomic mass is 19.4. The number of rotatable bonds is 0. The zero-order valence-corrected chi connectivity index (χ0v) is 9.84. The van der Waals surface area contributed by atoms with Gasteiger partial charge in [0.2, 0.25) is 0 Å². The van der Waals surface area contributed by atoms with E-state index in [4.69, 9.17) is 4.74 Å². The minimum atomic E-state index is -4.63. The molecule has 0 aromatic carbocycles. The van der Waals surface area contributed by atoms with Gasteiger partial charge in [-0.25, -0.2) is 9.18 Å². The molecular formula is C10H15F4NO2. The van der Waals surface area contributed by atoms with E-state index in [-0.39, 0.29) is 0 Å². The van der Waals surface area contributed by atoms with Crippen LogP contribution in [0.1, 0.15) is 27.2 Å². The van der Waals surface area contributed by atoms with Crippen molar-refractivity contribution in [3.63, 3.8) is 0 Å². The van der Waals surface area contributed by atoms with Crippen LogP contribution in [-0.4, -0.2) is 41.5 Å². The fourth-order valence-corrected chi connectivity index (χ4v) is 1.62. The minimum absolute atomic E-state index is 0.413. The summed E-state index contributed by atoms with van der Waals surface area (Å²) in [6.45, 7) is 4.04. The predicted molar refractivity (Wildman–Crippen MR) is 52.3 cm³/mol. The van der Waals surface area contributed by atoms with Gasteiger partial charge in [0.1, 0.15) is 17.8 Å². The molecule has 1 heterocycles. The summed E-state index contributed by atoms with van der Waals surface area (Å²) in [4.78, 5) is 11.9. The van der Waals surface area contributed by atoms with Gasteiger partial charge in [-0.1, -0.05) is 0 Å². The van der Waals surface area contributed by atoms with E-state index >= 15 is 0 Å². The van der Waals surface area contributed by atoms with Crippen LogP contribution in [0.15, 0.2) is 0 Å². The van der Waals surface area contributed by atoms with Crippen molar-refractivity contribution in [2.45, 2.75) is 51.2 Å². The summed E-state index contributed by atoms with van der Waals surface area (Å²) in [6, 6.07) is -2.09. The van der Waals surface area contributed by atoms with E-state index < -0.39 is 43.0 Å². The van der Waals surface area contributed by atoms with Crippen LogP contribution in [-0.2, 0) is 4.74 Å². The van der Waals surface area contributed by atoms with Crippen LogP contribution in [0.25, 0.3) is 0 Å². The molecule has 2 atom stereocenters. The maximum absolute atomic E-state index is 13.0. The second-order valence-corrected chi connectivity index (χ2v) is 5.02. The van der Waals surface area contributed by atoms with Gasteiger partial charge in [-0.05, 0) is 20.8 Å². The van der Waals surface area contributed by atoms with E-state index in [1.54, 1.807) is 0 Å². The number of amides is 1. The smallest absolute Gasteiger partial charge is 0.410 e. The van der Waals surface area contributed by atoms with E-state index in [0.29, 0.717) is 4.90 Å². The van der Waals surface area contributed by atoms with Crippen molar-refractivity contribution in [3.8, 4) is 0 Å². The second kappa shape index (κ2) is 4.34. The Morgan fingerprint density at radius 3 is 2.24 bits per heavy atom. The van der Waals surface area contributed by atoms with Gasteiger partial charge in [-0.3, -0.25) is 4.90 Å². The van der Waals surface area contributed by atoms with Crippen LogP contribution in [0.2, 0.25) is 0 Å². The van der Waals surface area contributed by atoms with Crippen molar-refractivity contribution in [2.75, 3.05) is 6.54 Å². The topological polar surface area (TPSA) is 29.5 Å². The fourth-order valence-electron chi connectivity index (χ4n) is 1.62. The zero-order valence-electron chi connectivity index (χ0n) is 9.84. The molecule has 0 saturated carbocycles. The average Bonchev–Trinajstić information content (AvgIpc) is 2.43. The summed E-state index contributed by atoms with van der Waals surface area (Å²) in [5.41, 5.74) is -0.901. The first-order chi connectivity index (χ1) is 7.50. The third-order valence-corrected chi connectivity index (χ3v) is 2.26. The Hall–Kier alpha value is -1.01. The molecule has 17 heavy (non-hydrogen) atoms. The Bertz CT molecular complexity index is 298. The molecule has 0 bridgehead atoms. The molecule has 0 spiro atoms. The van der Waals surface area contributed by atoms with Crippen LogP contribution >= 0.6 is 0 Å². The molecule has 1 aliphatic heterocycles. The van der Waals surface area contributed by atoms with Crippen molar-refractivity contribution in [3.05, 3.63) is 0 Å². The number of halogens is 4. The predicted octanol–water partition coefficient (Wildman–Crippen LogP) is 2.90. The third-order valence-electron chi connectivity index (χ3n) is 2.26. The summed E-state index contributed by atoms with van der Waals surface area (Å²) < 4.78 is 55.5. The molecule has 100 valence electrons. The lowest BCUT2D eigenvalue weighted by Crippen LogP contribution is -2.46. The summed E-state index contributed by atoms with van der Waals surface area (Å²) in [5, 5.41) is 0. The first-order valence-electron chi connectivity index (χ1n) is 5.21. The molecule has 1 aliphatic rings. The van der Waals surface area contributed by atoms with Crippen molar-refractivity contribution in [1.82, 2.24) is 4.90 Å². The monoisotopic (exact) mass is 257 g/mol. The second-order valence-electron chi connectivity index (χ2n) is 5.02. The van der Waals surface area contributed by atoms with Gasteiger partial charge in [-0.15, -0.1) is 0 Å². The molecule has 0 aromatic heterocycles. The van der Waals surface area contributed by atoms with E-state index in [1.807, 2.05) is 0 Å². The summed E-state index contributed by atoms with van der Waals surface area (Å²) in [6.07, 6.45) is -8.13. The number of ether oxygens (including phenoxy) is 1. The lowest BCUT2D eigenvalue weighted by atomic mass is 10.2. The SMILES string of the molecule is CC(C)(C)OC(=O)N1C[C@@H](F)C[C@@H]1C(F)(F)F. The van der Waals surface area contributed by atoms with Gasteiger partial charge in [0.15, 0.2) is 0 Å². The molecule has 3 nitrogen and oxygen atoms in total. The highest BCUT2D eigenvalue weighted by Crippen LogP contribution is 2.34. The van der Waals surface area contributed by atoms with Crippen LogP contribution < -0.4 is 0 Å². The molecule has 0 N–H and O–H groups in total. The molecule has 7 heteroatoms. The van der Waals surface area contributed by atoms with Crippen molar-refractivity contribution >= 4 is 6.09 Å². The minimum Gasteiger partial charge on any atom is -0.444 e. The molecule has 0 unspecified atom stereocenters. The van der Waals surface area contributed by atoms with Crippen LogP contribution in [0.5, 0.6) is 0 Å². The normalized spacial score (nSPS) is 26.2. The number of alkyl halides is 4. The van der Waals surface area contributed by atoms with E-state index in [9.17, 15) is 22.4 Å². The summed E-state index contributed by atoms with van der Waals surface area (Å²) >= 11 is 0. The van der Waals surface area contributed by atoms with Gasteiger partial charge >= 0.3 is 12.3 Å². The quantitative estimate of drug-likeness (QED) is 0.624. The first-order valence-corrected chi connectivity index (χ1v) is 5.21. The van der Waals surface area contributed by atoms with Gasteiger partial charge in [0.05, 0.1) is 6.54 Å². The summed E-state index contributed by atoms with van der Waals surface area (Å²) in [7, 11) is 0. The summed E-state index contributed by atoms with van der Waals surface area (Å²) in [5.74, 6) is 0. The van der Waals surface area contributed by atoms with Crippen LogP contribution in [0, 0.1) is 0 Å². The molecule has 0 radical (unpaired) electrons. The lowest BCUT2D eigenvalue weighted by Gasteiger charge is -2.29. The number of hydrogen-bond donors (Lipinski definition) is 0. The van der Waals surface area contributed by atoms with Crippen LogP contribution in [0.4, 0.5) is 22.4 Å². The molecule has 1 rings (SSSR count). The van der Waals surface area contributed by atoms with Gasteiger partial charge < -0.3 is 4.74 Å². The van der Waals surface area contributed by atoms with Crippen molar-refractivity contribution in [1.29, 1.82) is 0 Å². The van der Waals surface area contributed by atoms with E-state index in [2.05, 4.69) is 0 Å². The molecular weight excluding hydrogens is 242 g/mol. The number of likely N-dealkylation sites (tertiary alicyclic amines) is 1. The largest absolute Gasteiger partial charge is 0.444 e. The fraction of sp³-hybridized carbons (Fsp3) is 0.900. The Balaban J connectivity index is 2.78. The van der Waals surface area contributed by atoms with Gasteiger partial charge in [-0.2, -0.15) is 13.2 Å². The number of carbonyl (C=O) groups excluding carboxylic acids is 1. The first kappa shape index (κ1) is 14.1. The molecule has 1 saturated heterocycles. The third kappa shape index (κ3) is 3.74. The Morgan fingerprint density at radius 2 is 1.82 bits per heavy atom. The highest BCUT2D eigenvalue weighted by molar-refractivity contribution is 5.69. The molecule has 1 amide bonds. The van der Waals surface area contributed by atoms with E-state index in [0.717, 1.165) is 0 Å². The van der Waals surface area contributed by atoms with E-state index in [1.165, 1.54) is 20.8 Å². The number of hydrogen-bond acceptors (Lipinski definition) is 2. The zero-order chi connectivity index (χ0) is 13.4. The Labute approximate surface area is 96.7 Å². The Kier molecular flexibility index (Phi) is 3.59. The standard InChI is InChI=1S/C10H15F4NO2/c1-9(2,3)17-8(16)15-5-6(11)4-7(15)10(12,13)14/h6-7H,4-5H2,1-3H3/t6-,7+/m0/s1. The van der Waals surface area contributed by atoms with Crippen LogP contribution in [0.3, 0.4) is 0 Å². The lowest BCUT2D eigenvalue weighted by molar-refractivity contribution is -0.173. The Morgan fingerprint density at radius 1 is 1.29 bits per heavy atom. The molecule has 1 fully saturated rings. The van der Waals surface area contributed by atoms with Gasteiger partial charge in [0.25, 0.3) is 0 Å². The van der Waals surface area contributed by atoms with Gasteiger partial charge in [0, 0.05) is 6.42 Å². The highest BCUT2D eigenvalue weighted by Gasteiger charge is 2.52. The molecule has 0 aliphatic carbocycles. The molecule has 0 aromatic rings. The van der Waals surface area contributed by atoms with Crippen molar-refractivity contribution in [2.24, 2.45) is 0 Å². The van der Waals surface area contributed by atoms with Crippen molar-refractivity contribution < 1.29 is 27.1 Å². The maximum Gasteiger partial charge on any atom is 0.410 e. The maximum atomic E-state index is 13.0.